The Kier molecular flexibility index (Phi) is 3.02. The zero-order chi connectivity index (χ0) is 14.3. The molecule has 0 spiro atoms. The second-order valence-electron chi connectivity index (χ2n) is 5.03. The molecule has 3 rings (SSSR count). The van der Waals surface area contributed by atoms with Crippen LogP contribution in [0.2, 0.25) is 0 Å². The van der Waals surface area contributed by atoms with Crippen LogP contribution in [0.4, 0.5) is 19.0 Å². The number of nitrogens with zero attached hydrogens (tertiary/aromatic N) is 5. The Morgan fingerprint density at radius 3 is 2.85 bits per heavy atom. The maximum atomic E-state index is 12.9. The standard InChI is InChI=1S/C12H14F3N5/c1-19-10-9(5-18-19)11(17-7-16-10)20-4-2-3-8(6-20)12(13,14)15/h5,7-8H,2-4,6H2,1H3/t8-/m1/s1. The van der Waals surface area contributed by atoms with Gasteiger partial charge in [-0.1, -0.05) is 0 Å². The van der Waals surface area contributed by atoms with Crippen LogP contribution >= 0.6 is 0 Å². The average Bonchev–Trinajstić information content (AvgIpc) is 2.80. The summed E-state index contributed by atoms with van der Waals surface area (Å²) < 4.78 is 40.2. The van der Waals surface area contributed by atoms with Crippen LogP contribution in [0.25, 0.3) is 11.0 Å². The molecular weight excluding hydrogens is 271 g/mol. The Morgan fingerprint density at radius 2 is 2.10 bits per heavy atom. The van der Waals surface area contributed by atoms with Crippen molar-refractivity contribution < 1.29 is 13.2 Å². The Hall–Kier alpha value is -1.86. The fraction of sp³-hybridized carbons (Fsp3) is 0.583. The third-order valence-electron chi connectivity index (χ3n) is 3.69. The highest BCUT2D eigenvalue weighted by Crippen LogP contribution is 2.35. The van der Waals surface area contributed by atoms with Gasteiger partial charge in [0.2, 0.25) is 0 Å². The molecule has 20 heavy (non-hydrogen) atoms. The summed E-state index contributed by atoms with van der Waals surface area (Å²) in [7, 11) is 1.74. The topological polar surface area (TPSA) is 46.8 Å². The number of aryl methyl sites for hydroxylation is 1. The third-order valence-corrected chi connectivity index (χ3v) is 3.69. The number of rotatable bonds is 1. The highest BCUT2D eigenvalue weighted by molar-refractivity contribution is 5.86. The van der Waals surface area contributed by atoms with Crippen molar-refractivity contribution in [3.8, 4) is 0 Å². The Labute approximate surface area is 113 Å². The summed E-state index contributed by atoms with van der Waals surface area (Å²) in [5.41, 5.74) is 0.629. The highest BCUT2D eigenvalue weighted by atomic mass is 19.4. The van der Waals surface area contributed by atoms with Crippen LogP contribution in [-0.4, -0.2) is 39.0 Å². The van der Waals surface area contributed by atoms with E-state index in [0.29, 0.717) is 29.8 Å². The van der Waals surface area contributed by atoms with E-state index in [2.05, 4.69) is 15.1 Å². The van der Waals surface area contributed by atoms with Crippen molar-refractivity contribution in [2.75, 3.05) is 18.0 Å². The van der Waals surface area contributed by atoms with Crippen LogP contribution in [0.3, 0.4) is 0 Å². The van der Waals surface area contributed by atoms with Crippen molar-refractivity contribution in [2.24, 2.45) is 13.0 Å². The number of hydrogen-bond acceptors (Lipinski definition) is 4. The van der Waals surface area contributed by atoms with E-state index in [1.165, 1.54) is 6.33 Å². The number of alkyl halides is 3. The van der Waals surface area contributed by atoms with E-state index < -0.39 is 12.1 Å². The summed E-state index contributed by atoms with van der Waals surface area (Å²) in [6.07, 6.45) is -0.491. The smallest absolute Gasteiger partial charge is 0.355 e. The van der Waals surface area contributed by atoms with Gasteiger partial charge in [-0.25, -0.2) is 9.97 Å². The number of aromatic nitrogens is 4. The molecule has 1 saturated heterocycles. The lowest BCUT2D eigenvalue weighted by molar-refractivity contribution is -0.176. The van der Waals surface area contributed by atoms with E-state index in [9.17, 15) is 13.2 Å². The average molecular weight is 285 g/mol. The molecule has 2 aromatic heterocycles. The minimum absolute atomic E-state index is 0.0511. The van der Waals surface area contributed by atoms with Crippen LogP contribution in [0.1, 0.15) is 12.8 Å². The Morgan fingerprint density at radius 1 is 1.30 bits per heavy atom. The minimum Gasteiger partial charge on any atom is -0.355 e. The molecular formula is C12H14F3N5. The lowest BCUT2D eigenvalue weighted by atomic mass is 9.97. The first-order chi connectivity index (χ1) is 9.47. The zero-order valence-electron chi connectivity index (χ0n) is 10.9. The molecule has 0 aromatic carbocycles. The number of hydrogen-bond donors (Lipinski definition) is 0. The van der Waals surface area contributed by atoms with Crippen LogP contribution in [0.5, 0.6) is 0 Å². The van der Waals surface area contributed by atoms with Gasteiger partial charge in [-0.3, -0.25) is 4.68 Å². The molecule has 2 aromatic rings. The van der Waals surface area contributed by atoms with Gasteiger partial charge in [0.15, 0.2) is 5.65 Å². The van der Waals surface area contributed by atoms with Crippen molar-refractivity contribution in [1.82, 2.24) is 19.7 Å². The first-order valence-corrected chi connectivity index (χ1v) is 6.41. The number of piperidine rings is 1. The van der Waals surface area contributed by atoms with E-state index >= 15 is 0 Å². The predicted octanol–water partition coefficient (Wildman–Crippen LogP) is 2.14. The van der Waals surface area contributed by atoms with E-state index in [0.717, 1.165) is 0 Å². The molecule has 1 fully saturated rings. The van der Waals surface area contributed by atoms with Gasteiger partial charge < -0.3 is 4.90 Å². The maximum Gasteiger partial charge on any atom is 0.393 e. The van der Waals surface area contributed by atoms with Gasteiger partial charge in [0.1, 0.15) is 12.1 Å². The van der Waals surface area contributed by atoms with Crippen LogP contribution in [-0.2, 0) is 7.05 Å². The van der Waals surface area contributed by atoms with Gasteiger partial charge in [0.05, 0.1) is 17.5 Å². The van der Waals surface area contributed by atoms with Crippen molar-refractivity contribution in [2.45, 2.75) is 19.0 Å². The predicted molar refractivity (Wildman–Crippen MR) is 67.3 cm³/mol. The van der Waals surface area contributed by atoms with Gasteiger partial charge in [-0.15, -0.1) is 0 Å². The van der Waals surface area contributed by atoms with Crippen molar-refractivity contribution in [1.29, 1.82) is 0 Å². The summed E-state index contributed by atoms with van der Waals surface area (Å²) in [5, 5.41) is 4.78. The normalized spacial score (nSPS) is 20.6. The lowest BCUT2D eigenvalue weighted by Crippen LogP contribution is -2.42. The van der Waals surface area contributed by atoms with E-state index in [4.69, 9.17) is 0 Å². The molecule has 108 valence electrons. The molecule has 3 heterocycles. The second-order valence-corrected chi connectivity index (χ2v) is 5.03. The minimum atomic E-state index is -4.15. The molecule has 1 aliphatic heterocycles. The molecule has 0 N–H and O–H groups in total. The van der Waals surface area contributed by atoms with Gasteiger partial charge in [-0.2, -0.15) is 18.3 Å². The molecule has 0 radical (unpaired) electrons. The molecule has 1 atom stereocenters. The molecule has 0 unspecified atom stereocenters. The monoisotopic (exact) mass is 285 g/mol. The first-order valence-electron chi connectivity index (χ1n) is 6.41. The summed E-state index contributed by atoms with van der Waals surface area (Å²) in [4.78, 5) is 9.95. The Bertz CT molecular complexity index is 621. The molecule has 5 nitrogen and oxygen atoms in total. The number of anilines is 1. The quantitative estimate of drug-likeness (QED) is 0.805. The first kappa shape index (κ1) is 13.1. The number of fused-ring (bicyclic) bond motifs is 1. The van der Waals surface area contributed by atoms with Crippen LogP contribution < -0.4 is 4.90 Å². The molecule has 0 amide bonds. The summed E-state index contributed by atoms with van der Waals surface area (Å²) >= 11 is 0. The molecule has 0 aliphatic carbocycles. The molecule has 8 heteroatoms. The fourth-order valence-electron chi connectivity index (χ4n) is 2.64. The van der Waals surface area contributed by atoms with Crippen LogP contribution in [0.15, 0.2) is 12.5 Å². The lowest BCUT2D eigenvalue weighted by Gasteiger charge is -2.34. The zero-order valence-corrected chi connectivity index (χ0v) is 10.9. The van der Waals surface area contributed by atoms with Gasteiger partial charge in [0.25, 0.3) is 0 Å². The maximum absolute atomic E-state index is 12.9. The van der Waals surface area contributed by atoms with Crippen molar-refractivity contribution >= 4 is 16.9 Å². The van der Waals surface area contributed by atoms with E-state index in [-0.39, 0.29) is 13.0 Å². The van der Waals surface area contributed by atoms with Gasteiger partial charge in [0, 0.05) is 20.1 Å². The van der Waals surface area contributed by atoms with Crippen molar-refractivity contribution in [3.63, 3.8) is 0 Å². The number of halogens is 3. The fourth-order valence-corrected chi connectivity index (χ4v) is 2.64. The van der Waals surface area contributed by atoms with Gasteiger partial charge >= 0.3 is 6.18 Å². The summed E-state index contributed by atoms with van der Waals surface area (Å²) in [6.45, 7) is 0.526. The third kappa shape index (κ3) is 2.19. The second kappa shape index (κ2) is 4.60. The van der Waals surface area contributed by atoms with Gasteiger partial charge in [-0.05, 0) is 12.8 Å². The van der Waals surface area contributed by atoms with Crippen molar-refractivity contribution in [3.05, 3.63) is 12.5 Å². The highest BCUT2D eigenvalue weighted by Gasteiger charge is 2.42. The van der Waals surface area contributed by atoms with E-state index in [1.807, 2.05) is 0 Å². The van der Waals surface area contributed by atoms with Crippen LogP contribution in [0, 0.1) is 5.92 Å². The molecule has 1 aliphatic rings. The molecule has 0 bridgehead atoms. The summed E-state index contributed by atoms with van der Waals surface area (Å²) in [5.74, 6) is -0.755. The van der Waals surface area contributed by atoms with E-state index in [1.54, 1.807) is 22.8 Å². The largest absolute Gasteiger partial charge is 0.393 e. The molecule has 0 saturated carbocycles. The Balaban J connectivity index is 1.95. The SMILES string of the molecule is Cn1ncc2c(N3CCC[C@@H](C(F)(F)F)C3)ncnc21. The summed E-state index contributed by atoms with van der Waals surface area (Å²) in [6, 6.07) is 0.